The summed E-state index contributed by atoms with van der Waals surface area (Å²) in [6.45, 7) is 7.71. The van der Waals surface area contributed by atoms with E-state index in [1.165, 1.54) is 4.88 Å². The zero-order valence-corrected chi connectivity index (χ0v) is 14.4. The molecule has 0 unspecified atom stereocenters. The molecule has 2 heterocycles. The fourth-order valence-corrected chi connectivity index (χ4v) is 3.32. The van der Waals surface area contributed by atoms with Crippen molar-refractivity contribution in [3.8, 4) is 0 Å². The van der Waals surface area contributed by atoms with Crippen LogP contribution in [0.3, 0.4) is 0 Å². The minimum absolute atomic E-state index is 0.0806. The third-order valence-corrected chi connectivity index (χ3v) is 4.67. The van der Waals surface area contributed by atoms with Crippen LogP contribution in [0.2, 0.25) is 0 Å². The van der Waals surface area contributed by atoms with Crippen LogP contribution >= 0.6 is 11.3 Å². The van der Waals surface area contributed by atoms with Gasteiger partial charge in [0.2, 0.25) is 0 Å². The smallest absolute Gasteiger partial charge is 0.258 e. The van der Waals surface area contributed by atoms with E-state index in [9.17, 15) is 4.79 Å². The minimum atomic E-state index is -0.0806. The lowest BCUT2D eigenvalue weighted by Gasteiger charge is -2.25. The molecule has 3 aromatic rings. The van der Waals surface area contributed by atoms with Crippen molar-refractivity contribution >= 4 is 22.2 Å². The molecule has 3 rings (SSSR count). The molecular formula is C17H20N4OS. The first-order valence-corrected chi connectivity index (χ1v) is 8.48. The molecule has 120 valence electrons. The Kier molecular flexibility index (Phi) is 4.54. The number of fused-ring (bicyclic) bond motifs is 1. The van der Waals surface area contributed by atoms with Crippen LogP contribution in [-0.2, 0) is 13.1 Å². The number of H-pyrrole nitrogens is 1. The molecule has 0 fully saturated rings. The molecule has 6 heteroatoms. The number of aromatic nitrogens is 3. The summed E-state index contributed by atoms with van der Waals surface area (Å²) < 4.78 is 0. The van der Waals surface area contributed by atoms with Crippen molar-refractivity contribution in [1.82, 2.24) is 19.9 Å². The van der Waals surface area contributed by atoms with Gasteiger partial charge in [-0.1, -0.05) is 12.1 Å². The quantitative estimate of drug-likeness (QED) is 0.782. The van der Waals surface area contributed by atoms with Crippen molar-refractivity contribution in [3.05, 3.63) is 56.5 Å². The topological polar surface area (TPSA) is 61.9 Å². The zero-order chi connectivity index (χ0) is 16.4. The molecule has 0 bridgehead atoms. The van der Waals surface area contributed by atoms with E-state index in [0.717, 1.165) is 17.1 Å². The van der Waals surface area contributed by atoms with Crippen LogP contribution in [0.1, 0.15) is 29.6 Å². The summed E-state index contributed by atoms with van der Waals surface area (Å²) in [7, 11) is 0. The summed E-state index contributed by atoms with van der Waals surface area (Å²) in [5, 5.41) is 1.70. The maximum atomic E-state index is 12.2. The summed E-state index contributed by atoms with van der Waals surface area (Å²) in [5.74, 6) is 0.698. The van der Waals surface area contributed by atoms with Crippen molar-refractivity contribution in [3.63, 3.8) is 0 Å². The van der Waals surface area contributed by atoms with E-state index in [1.807, 2.05) is 31.3 Å². The Balaban J connectivity index is 1.86. The number of nitrogens with zero attached hydrogens (tertiary/aromatic N) is 3. The van der Waals surface area contributed by atoms with E-state index in [1.54, 1.807) is 17.4 Å². The van der Waals surface area contributed by atoms with Crippen molar-refractivity contribution in [2.75, 3.05) is 0 Å². The normalized spacial score (nSPS) is 11.7. The second-order valence-corrected chi connectivity index (χ2v) is 7.19. The van der Waals surface area contributed by atoms with Gasteiger partial charge in [0, 0.05) is 23.7 Å². The molecule has 0 atom stereocenters. The van der Waals surface area contributed by atoms with E-state index < -0.39 is 0 Å². The Hall–Kier alpha value is -2.05. The van der Waals surface area contributed by atoms with Gasteiger partial charge in [0.05, 0.1) is 22.5 Å². The predicted molar refractivity (Wildman–Crippen MR) is 93.6 cm³/mol. The average Bonchev–Trinajstić information content (AvgIpc) is 2.92. The van der Waals surface area contributed by atoms with Gasteiger partial charge in [-0.05, 0) is 32.9 Å². The SMILES string of the molecule is Cc1ncc(CN(Cc2nc3ccccc3c(=O)[nH]2)C(C)C)s1. The number of hydrogen-bond acceptors (Lipinski definition) is 5. The lowest BCUT2D eigenvalue weighted by molar-refractivity contribution is 0.200. The van der Waals surface area contributed by atoms with Crippen LogP contribution in [0.4, 0.5) is 0 Å². The molecule has 0 saturated heterocycles. The highest BCUT2D eigenvalue weighted by Gasteiger charge is 2.14. The largest absolute Gasteiger partial charge is 0.309 e. The Labute approximate surface area is 139 Å². The van der Waals surface area contributed by atoms with Crippen molar-refractivity contribution in [2.24, 2.45) is 0 Å². The van der Waals surface area contributed by atoms with Gasteiger partial charge in [-0.25, -0.2) is 9.97 Å². The molecule has 5 nitrogen and oxygen atoms in total. The Bertz CT molecular complexity index is 868. The molecule has 2 aromatic heterocycles. The molecular weight excluding hydrogens is 308 g/mol. The van der Waals surface area contributed by atoms with Crippen LogP contribution < -0.4 is 5.56 Å². The Morgan fingerprint density at radius 2 is 2.04 bits per heavy atom. The van der Waals surface area contributed by atoms with Crippen LogP contribution in [-0.4, -0.2) is 25.9 Å². The van der Waals surface area contributed by atoms with E-state index in [4.69, 9.17) is 0 Å². The van der Waals surface area contributed by atoms with Crippen LogP contribution in [0.25, 0.3) is 10.9 Å². The van der Waals surface area contributed by atoms with Gasteiger partial charge < -0.3 is 4.98 Å². The molecule has 0 aliphatic carbocycles. The number of aromatic amines is 1. The number of aryl methyl sites for hydroxylation is 1. The number of para-hydroxylation sites is 1. The molecule has 1 aromatic carbocycles. The lowest BCUT2D eigenvalue weighted by atomic mass is 10.2. The second kappa shape index (κ2) is 6.60. The first-order valence-electron chi connectivity index (χ1n) is 7.66. The summed E-state index contributed by atoms with van der Waals surface area (Å²) >= 11 is 1.70. The van der Waals surface area contributed by atoms with Crippen molar-refractivity contribution in [2.45, 2.75) is 39.9 Å². The van der Waals surface area contributed by atoms with Gasteiger partial charge in [0.1, 0.15) is 5.82 Å². The highest BCUT2D eigenvalue weighted by molar-refractivity contribution is 7.11. The zero-order valence-electron chi connectivity index (χ0n) is 13.5. The molecule has 0 aliphatic heterocycles. The van der Waals surface area contributed by atoms with Crippen LogP contribution in [0.15, 0.2) is 35.3 Å². The third-order valence-electron chi connectivity index (χ3n) is 3.77. The number of thiazole rings is 1. The summed E-state index contributed by atoms with van der Waals surface area (Å²) in [4.78, 5) is 27.5. The number of nitrogens with one attached hydrogen (secondary N) is 1. The maximum Gasteiger partial charge on any atom is 0.258 e. The fraction of sp³-hybridized carbons (Fsp3) is 0.353. The van der Waals surface area contributed by atoms with E-state index in [2.05, 4.69) is 33.7 Å². The number of hydrogen-bond donors (Lipinski definition) is 1. The number of rotatable bonds is 5. The summed E-state index contributed by atoms with van der Waals surface area (Å²) in [6, 6.07) is 7.77. The predicted octanol–water partition coefficient (Wildman–Crippen LogP) is 3.10. The highest BCUT2D eigenvalue weighted by atomic mass is 32.1. The Morgan fingerprint density at radius 1 is 1.26 bits per heavy atom. The van der Waals surface area contributed by atoms with Gasteiger partial charge in [-0.2, -0.15) is 0 Å². The standard InChI is InChI=1S/C17H20N4OS/c1-11(2)21(9-13-8-18-12(3)23-13)10-16-19-15-7-5-4-6-14(15)17(22)20-16/h4-8,11H,9-10H2,1-3H3,(H,19,20,22). The van der Waals surface area contributed by atoms with E-state index in [0.29, 0.717) is 23.8 Å². The molecule has 1 N–H and O–H groups in total. The first-order chi connectivity index (χ1) is 11.0. The summed E-state index contributed by atoms with van der Waals surface area (Å²) in [5.41, 5.74) is 0.659. The van der Waals surface area contributed by atoms with Gasteiger partial charge in [0.25, 0.3) is 5.56 Å². The average molecular weight is 328 g/mol. The fourth-order valence-electron chi connectivity index (χ4n) is 2.50. The van der Waals surface area contributed by atoms with Crippen LogP contribution in [0.5, 0.6) is 0 Å². The molecule has 0 radical (unpaired) electrons. The second-order valence-electron chi connectivity index (χ2n) is 5.87. The summed E-state index contributed by atoms with van der Waals surface area (Å²) in [6.07, 6.45) is 1.92. The molecule has 0 aliphatic rings. The third kappa shape index (κ3) is 3.65. The highest BCUT2D eigenvalue weighted by Crippen LogP contribution is 2.17. The van der Waals surface area contributed by atoms with Gasteiger partial charge in [-0.3, -0.25) is 9.69 Å². The van der Waals surface area contributed by atoms with Crippen molar-refractivity contribution in [1.29, 1.82) is 0 Å². The molecule has 0 spiro atoms. The van der Waals surface area contributed by atoms with Gasteiger partial charge in [-0.15, -0.1) is 11.3 Å². The maximum absolute atomic E-state index is 12.2. The van der Waals surface area contributed by atoms with E-state index >= 15 is 0 Å². The van der Waals surface area contributed by atoms with Crippen LogP contribution in [0, 0.1) is 6.92 Å². The molecule has 23 heavy (non-hydrogen) atoms. The first kappa shape index (κ1) is 15.8. The van der Waals surface area contributed by atoms with Gasteiger partial charge in [0.15, 0.2) is 0 Å². The van der Waals surface area contributed by atoms with Crippen molar-refractivity contribution < 1.29 is 0 Å². The monoisotopic (exact) mass is 328 g/mol. The molecule has 0 saturated carbocycles. The molecule has 0 amide bonds. The minimum Gasteiger partial charge on any atom is -0.309 e. The van der Waals surface area contributed by atoms with Gasteiger partial charge >= 0.3 is 0 Å². The van der Waals surface area contributed by atoms with E-state index in [-0.39, 0.29) is 5.56 Å². The number of benzene rings is 1. The lowest BCUT2D eigenvalue weighted by Crippen LogP contribution is -2.31. The Morgan fingerprint density at radius 3 is 2.74 bits per heavy atom.